The highest BCUT2D eigenvalue weighted by molar-refractivity contribution is 6.31. The smallest absolute Gasteiger partial charge is 0.391 e. The van der Waals surface area contributed by atoms with Crippen molar-refractivity contribution in [3.8, 4) is 5.88 Å². The molecule has 2 rings (SSSR count). The van der Waals surface area contributed by atoms with E-state index in [-0.39, 0.29) is 37.1 Å². The number of nitrogens with zero attached hydrogens (tertiary/aromatic N) is 2. The average molecular weight is 414 g/mol. The number of hydrogen-bond acceptors (Lipinski definition) is 5. The number of aromatic nitrogens is 1. The lowest BCUT2D eigenvalue weighted by molar-refractivity contribution is -0.385. The summed E-state index contributed by atoms with van der Waals surface area (Å²) in [6.45, 7) is -1.34. The molecule has 1 aliphatic carbocycles. The molecule has 1 aromatic rings. The first-order chi connectivity index (χ1) is 12.6. The molecule has 0 saturated heterocycles. The summed E-state index contributed by atoms with van der Waals surface area (Å²) in [4.78, 5) is 26.2. The van der Waals surface area contributed by atoms with Gasteiger partial charge in [-0.25, -0.2) is 4.39 Å². The van der Waals surface area contributed by atoms with Gasteiger partial charge in [0.2, 0.25) is 11.0 Å². The van der Waals surface area contributed by atoms with E-state index in [4.69, 9.17) is 16.3 Å². The van der Waals surface area contributed by atoms with Crippen molar-refractivity contribution >= 4 is 23.2 Å². The van der Waals surface area contributed by atoms with Gasteiger partial charge in [0.15, 0.2) is 0 Å². The maximum absolute atomic E-state index is 12.7. The third kappa shape index (κ3) is 5.41. The molecule has 0 aromatic carbocycles. The zero-order valence-corrected chi connectivity index (χ0v) is 14.6. The zero-order chi connectivity index (χ0) is 20.2. The van der Waals surface area contributed by atoms with Gasteiger partial charge >= 0.3 is 11.9 Å². The van der Waals surface area contributed by atoms with Crippen LogP contribution in [0, 0.1) is 16.0 Å². The Morgan fingerprint density at radius 3 is 2.52 bits per heavy atom. The number of rotatable bonds is 6. The predicted octanol–water partition coefficient (Wildman–Crippen LogP) is 3.84. The van der Waals surface area contributed by atoms with Crippen LogP contribution in [0.25, 0.3) is 0 Å². The summed E-state index contributed by atoms with van der Waals surface area (Å²) >= 11 is 5.67. The van der Waals surface area contributed by atoms with Gasteiger partial charge in [0, 0.05) is 12.1 Å². The fraction of sp³-hybridized carbons (Fsp3) is 0.600. The van der Waals surface area contributed by atoms with Crippen molar-refractivity contribution in [3.05, 3.63) is 26.9 Å². The molecule has 0 aliphatic heterocycles. The second-order valence-electron chi connectivity index (χ2n) is 6.01. The molecule has 0 atom stereocenters. The topological polar surface area (TPSA) is 94.4 Å². The summed E-state index contributed by atoms with van der Waals surface area (Å²) in [5.74, 6) is -2.61. The van der Waals surface area contributed by atoms with Crippen LogP contribution in [-0.4, -0.2) is 41.3 Å². The van der Waals surface area contributed by atoms with Crippen molar-refractivity contribution in [1.82, 2.24) is 10.3 Å². The summed E-state index contributed by atoms with van der Waals surface area (Å²) in [6, 6.07) is 0.319. The number of ether oxygens (including phenoxy) is 1. The molecule has 12 heteroatoms. The van der Waals surface area contributed by atoms with E-state index in [1.165, 1.54) is 0 Å². The molecule has 1 N–H and O–H groups in total. The molecule has 1 heterocycles. The number of amides is 1. The van der Waals surface area contributed by atoms with Crippen molar-refractivity contribution < 1.29 is 32.0 Å². The van der Waals surface area contributed by atoms with Gasteiger partial charge in [0.25, 0.3) is 5.91 Å². The summed E-state index contributed by atoms with van der Waals surface area (Å²) < 4.78 is 55.4. The Hall–Kier alpha value is -2.17. The van der Waals surface area contributed by atoms with Gasteiger partial charge < -0.3 is 10.1 Å². The molecule has 7 nitrogen and oxygen atoms in total. The molecular formula is C15H16ClF4N3O4. The Balaban J connectivity index is 2.15. The molecule has 0 spiro atoms. The Morgan fingerprint density at radius 2 is 2.00 bits per heavy atom. The van der Waals surface area contributed by atoms with Crippen LogP contribution in [0.2, 0.25) is 5.15 Å². The molecule has 1 fully saturated rings. The van der Waals surface area contributed by atoms with E-state index in [9.17, 15) is 32.5 Å². The first-order valence-corrected chi connectivity index (χ1v) is 8.42. The highest BCUT2D eigenvalue weighted by atomic mass is 35.5. The molecule has 1 aliphatic rings. The van der Waals surface area contributed by atoms with Crippen LogP contribution in [0.15, 0.2) is 6.07 Å². The Kier molecular flexibility index (Phi) is 6.79. The third-order valence-electron chi connectivity index (χ3n) is 4.21. The van der Waals surface area contributed by atoms with E-state index in [0.717, 1.165) is 6.07 Å². The average Bonchev–Trinajstić information content (AvgIpc) is 2.59. The number of nitrogens with one attached hydrogen (secondary N) is 1. The Bertz CT molecular complexity index is 709. The van der Waals surface area contributed by atoms with Crippen LogP contribution >= 0.6 is 11.6 Å². The van der Waals surface area contributed by atoms with E-state index in [0.29, 0.717) is 0 Å². The van der Waals surface area contributed by atoms with Gasteiger partial charge in [-0.3, -0.25) is 14.9 Å². The van der Waals surface area contributed by atoms with Crippen molar-refractivity contribution in [3.63, 3.8) is 0 Å². The second kappa shape index (κ2) is 8.68. The van der Waals surface area contributed by atoms with E-state index in [1.807, 2.05) is 0 Å². The van der Waals surface area contributed by atoms with Crippen molar-refractivity contribution in [2.45, 2.75) is 37.9 Å². The summed E-state index contributed by atoms with van der Waals surface area (Å²) in [7, 11) is 0. The summed E-state index contributed by atoms with van der Waals surface area (Å²) in [5.41, 5.74) is -0.979. The maximum Gasteiger partial charge on any atom is 0.391 e. The van der Waals surface area contributed by atoms with Crippen molar-refractivity contribution in [1.29, 1.82) is 0 Å². The van der Waals surface area contributed by atoms with Crippen molar-refractivity contribution in [2.24, 2.45) is 5.92 Å². The number of alkyl halides is 4. The van der Waals surface area contributed by atoms with Crippen molar-refractivity contribution in [2.75, 3.05) is 13.3 Å². The molecule has 1 saturated carbocycles. The lowest BCUT2D eigenvalue weighted by Crippen LogP contribution is -2.40. The lowest BCUT2D eigenvalue weighted by atomic mass is 9.85. The molecule has 0 bridgehead atoms. The van der Waals surface area contributed by atoms with Crippen LogP contribution in [0.5, 0.6) is 5.88 Å². The zero-order valence-electron chi connectivity index (χ0n) is 13.9. The van der Waals surface area contributed by atoms with Gasteiger partial charge in [-0.1, -0.05) is 11.6 Å². The molecule has 27 heavy (non-hydrogen) atoms. The normalized spacial score (nSPS) is 20.2. The summed E-state index contributed by atoms with van der Waals surface area (Å²) in [5, 5.41) is 13.0. The monoisotopic (exact) mass is 413 g/mol. The minimum absolute atomic E-state index is 0.111. The summed E-state index contributed by atoms with van der Waals surface area (Å²) in [6.07, 6.45) is -4.31. The third-order valence-corrected chi connectivity index (χ3v) is 4.48. The quantitative estimate of drug-likeness (QED) is 0.331. The van der Waals surface area contributed by atoms with Gasteiger partial charge in [-0.2, -0.15) is 18.2 Å². The van der Waals surface area contributed by atoms with E-state index >= 15 is 0 Å². The fourth-order valence-corrected chi connectivity index (χ4v) is 3.03. The van der Waals surface area contributed by atoms with Gasteiger partial charge in [-0.15, -0.1) is 0 Å². The largest absolute Gasteiger partial charge is 0.474 e. The standard InChI is InChI=1S/C15H16ClF4N3O4/c16-12-11(23(25)26)7-10(14(22-12)27-6-5-17)13(24)21-9-3-1-8(2-4-9)15(18,19)20/h7-9H,1-6H2,(H,21,24). The van der Waals surface area contributed by atoms with Gasteiger partial charge in [-0.05, 0) is 25.7 Å². The number of carbonyl (C=O) groups excluding carboxylic acids is 1. The highest BCUT2D eigenvalue weighted by Crippen LogP contribution is 2.37. The number of hydrogen-bond donors (Lipinski definition) is 1. The van der Waals surface area contributed by atoms with Crippen LogP contribution in [0.4, 0.5) is 23.2 Å². The number of halogens is 5. The molecular weight excluding hydrogens is 398 g/mol. The maximum atomic E-state index is 12.7. The Labute approximate surface area is 156 Å². The minimum atomic E-state index is -4.27. The fourth-order valence-electron chi connectivity index (χ4n) is 2.83. The van der Waals surface area contributed by atoms with Crippen LogP contribution in [0.3, 0.4) is 0 Å². The Morgan fingerprint density at radius 1 is 1.37 bits per heavy atom. The SMILES string of the molecule is O=C(NC1CCC(C(F)(F)F)CC1)c1cc([N+](=O)[O-])c(Cl)nc1OCCF. The minimum Gasteiger partial charge on any atom is -0.474 e. The molecule has 150 valence electrons. The first-order valence-electron chi connectivity index (χ1n) is 8.04. The van der Waals surface area contributed by atoms with Crippen LogP contribution in [0.1, 0.15) is 36.0 Å². The van der Waals surface area contributed by atoms with E-state index in [2.05, 4.69) is 10.3 Å². The second-order valence-corrected chi connectivity index (χ2v) is 6.37. The van der Waals surface area contributed by atoms with Gasteiger partial charge in [0.1, 0.15) is 18.8 Å². The predicted molar refractivity (Wildman–Crippen MR) is 86.6 cm³/mol. The van der Waals surface area contributed by atoms with Crippen LogP contribution < -0.4 is 10.1 Å². The molecule has 1 aromatic heterocycles. The number of pyridine rings is 1. The van der Waals surface area contributed by atoms with E-state index < -0.39 is 53.1 Å². The number of carbonyl (C=O) groups is 1. The van der Waals surface area contributed by atoms with E-state index in [1.54, 1.807) is 0 Å². The number of nitro groups is 1. The molecule has 1 amide bonds. The lowest BCUT2D eigenvalue weighted by Gasteiger charge is -2.30. The molecule has 0 radical (unpaired) electrons. The van der Waals surface area contributed by atoms with Gasteiger partial charge in [0.05, 0.1) is 10.8 Å². The van der Waals surface area contributed by atoms with Crippen LogP contribution in [-0.2, 0) is 0 Å². The first kappa shape index (κ1) is 21.1. The highest BCUT2D eigenvalue weighted by Gasteiger charge is 2.41. The molecule has 0 unspecified atom stereocenters.